The van der Waals surface area contributed by atoms with Crippen molar-refractivity contribution in [1.82, 2.24) is 19.8 Å². The van der Waals surface area contributed by atoms with Gasteiger partial charge in [0.15, 0.2) is 5.65 Å². The predicted molar refractivity (Wildman–Crippen MR) is 89.9 cm³/mol. The van der Waals surface area contributed by atoms with E-state index in [2.05, 4.69) is 15.3 Å². The minimum Gasteiger partial charge on any atom is -0.367 e. The molecule has 0 atom stereocenters. The molecule has 8 nitrogen and oxygen atoms in total. The van der Waals surface area contributed by atoms with Gasteiger partial charge in [-0.2, -0.15) is 17.7 Å². The fraction of sp³-hybridized carbons (Fsp3) is 0.625. The summed E-state index contributed by atoms with van der Waals surface area (Å²) in [5.74, 6) is -0.989. The Bertz CT molecular complexity index is 827. The van der Waals surface area contributed by atoms with Crippen molar-refractivity contribution in [3.05, 3.63) is 18.0 Å². The van der Waals surface area contributed by atoms with Gasteiger partial charge in [0, 0.05) is 13.1 Å². The lowest BCUT2D eigenvalue weighted by Crippen LogP contribution is -2.43. The molecule has 1 aliphatic heterocycles. The molecule has 2 aromatic rings. The second-order valence-electron chi connectivity index (χ2n) is 7.10. The summed E-state index contributed by atoms with van der Waals surface area (Å²) in [5.41, 5.74) is 4.31. The number of carbonyl (C=O) groups excluding carboxylic acids is 1. The fourth-order valence-corrected chi connectivity index (χ4v) is 2.85. The van der Waals surface area contributed by atoms with Gasteiger partial charge in [0.25, 0.3) is 5.82 Å². The van der Waals surface area contributed by atoms with E-state index in [1.54, 1.807) is 19.9 Å². The van der Waals surface area contributed by atoms with Gasteiger partial charge >= 0.3 is 6.18 Å². The molecule has 0 radical (unpaired) electrons. The van der Waals surface area contributed by atoms with Crippen LogP contribution in [-0.2, 0) is 15.7 Å². The molecule has 0 aliphatic carbocycles. The number of alkyl halides is 3. The van der Waals surface area contributed by atoms with Crippen LogP contribution < -0.4 is 10.6 Å². The van der Waals surface area contributed by atoms with Crippen LogP contribution in [0.2, 0.25) is 0 Å². The van der Waals surface area contributed by atoms with Crippen molar-refractivity contribution in [2.75, 3.05) is 24.6 Å². The first-order valence-corrected chi connectivity index (χ1v) is 8.56. The highest BCUT2D eigenvalue weighted by Gasteiger charge is 2.38. The van der Waals surface area contributed by atoms with Crippen LogP contribution >= 0.6 is 0 Å². The molecule has 0 spiro atoms. The van der Waals surface area contributed by atoms with E-state index < -0.39 is 23.5 Å². The van der Waals surface area contributed by atoms with Crippen molar-refractivity contribution in [2.24, 2.45) is 11.7 Å². The Hall–Kier alpha value is -2.43. The van der Waals surface area contributed by atoms with Gasteiger partial charge < -0.3 is 15.4 Å². The van der Waals surface area contributed by atoms with Crippen molar-refractivity contribution in [3.63, 3.8) is 0 Å². The van der Waals surface area contributed by atoms with E-state index in [-0.39, 0.29) is 11.6 Å². The Labute approximate surface area is 153 Å². The molecule has 1 aliphatic rings. The second-order valence-corrected chi connectivity index (χ2v) is 7.10. The number of aromatic nitrogens is 4. The molecule has 148 valence electrons. The lowest BCUT2D eigenvalue weighted by Gasteiger charge is -2.34. The van der Waals surface area contributed by atoms with Crippen LogP contribution in [0.3, 0.4) is 0 Å². The molecule has 1 saturated heterocycles. The van der Waals surface area contributed by atoms with Crippen LogP contribution in [0.5, 0.6) is 0 Å². The molecule has 1 fully saturated rings. The standard InChI is InChI=1S/C16H21F3N6O2/c1-15(2,13(20)26)27-9-10-5-7-24(8-6-10)12-4-3-11-21-22-14(16(17,18)19)25(11)23-12/h3-4,10H,5-9H2,1-2H3,(H2,20,26). The number of halogens is 3. The normalized spacial score (nSPS) is 16.9. The third-order valence-electron chi connectivity index (χ3n) is 4.71. The van der Waals surface area contributed by atoms with E-state index in [4.69, 9.17) is 10.5 Å². The molecule has 2 N–H and O–H groups in total. The first-order valence-electron chi connectivity index (χ1n) is 8.56. The molecule has 2 aromatic heterocycles. The number of nitrogens with zero attached hydrogens (tertiary/aromatic N) is 5. The van der Waals surface area contributed by atoms with E-state index >= 15 is 0 Å². The van der Waals surface area contributed by atoms with Crippen molar-refractivity contribution in [1.29, 1.82) is 0 Å². The van der Waals surface area contributed by atoms with E-state index in [0.717, 1.165) is 17.4 Å². The molecule has 0 bridgehead atoms. The number of hydrogen-bond acceptors (Lipinski definition) is 6. The SMILES string of the molecule is CC(C)(OCC1CCN(c2ccc3nnc(C(F)(F)F)n3n2)CC1)C(N)=O. The van der Waals surface area contributed by atoms with Gasteiger partial charge in [-0.3, -0.25) is 4.79 Å². The summed E-state index contributed by atoms with van der Waals surface area (Å²) in [6.07, 6.45) is -3.09. The number of piperidine rings is 1. The minimum atomic E-state index is -4.62. The molecule has 1 amide bonds. The van der Waals surface area contributed by atoms with Gasteiger partial charge in [0.2, 0.25) is 5.91 Å². The number of fused-ring (bicyclic) bond motifs is 1. The molecule has 3 heterocycles. The molecule has 11 heteroatoms. The topological polar surface area (TPSA) is 98.6 Å². The zero-order chi connectivity index (χ0) is 19.8. The molecular formula is C16H21F3N6O2. The van der Waals surface area contributed by atoms with Crippen molar-refractivity contribution in [2.45, 2.75) is 38.5 Å². The predicted octanol–water partition coefficient (Wildman–Crippen LogP) is 1.64. The van der Waals surface area contributed by atoms with Gasteiger partial charge in [-0.05, 0) is 44.7 Å². The van der Waals surface area contributed by atoms with Crippen LogP contribution in [-0.4, -0.2) is 51.0 Å². The third-order valence-corrected chi connectivity index (χ3v) is 4.71. The summed E-state index contributed by atoms with van der Waals surface area (Å²) < 4.78 is 45.3. The van der Waals surface area contributed by atoms with Crippen molar-refractivity contribution >= 4 is 17.4 Å². The largest absolute Gasteiger partial charge is 0.453 e. The summed E-state index contributed by atoms with van der Waals surface area (Å²) in [6, 6.07) is 3.10. The molecular weight excluding hydrogens is 365 g/mol. The average Bonchev–Trinajstić information content (AvgIpc) is 3.04. The van der Waals surface area contributed by atoms with Crippen molar-refractivity contribution < 1.29 is 22.7 Å². The fourth-order valence-electron chi connectivity index (χ4n) is 2.85. The van der Waals surface area contributed by atoms with Crippen LogP contribution in [0.15, 0.2) is 12.1 Å². The highest BCUT2D eigenvalue weighted by molar-refractivity contribution is 5.82. The van der Waals surface area contributed by atoms with Crippen LogP contribution in [0.25, 0.3) is 5.65 Å². The molecule has 0 saturated carbocycles. The lowest BCUT2D eigenvalue weighted by molar-refractivity contribution is -0.146. The summed E-state index contributed by atoms with van der Waals surface area (Å²) in [4.78, 5) is 13.2. The number of anilines is 1. The van der Waals surface area contributed by atoms with Crippen LogP contribution in [0, 0.1) is 5.92 Å². The molecule has 0 unspecified atom stereocenters. The van der Waals surface area contributed by atoms with E-state index in [9.17, 15) is 18.0 Å². The number of hydrogen-bond donors (Lipinski definition) is 1. The summed E-state index contributed by atoms with van der Waals surface area (Å²) in [7, 11) is 0. The van der Waals surface area contributed by atoms with E-state index in [0.29, 0.717) is 25.5 Å². The number of ether oxygens (including phenoxy) is 1. The van der Waals surface area contributed by atoms with Crippen LogP contribution in [0.1, 0.15) is 32.5 Å². The first-order chi connectivity index (χ1) is 12.6. The number of nitrogens with two attached hydrogens (primary N) is 1. The average molecular weight is 386 g/mol. The third kappa shape index (κ3) is 4.12. The number of carbonyl (C=O) groups is 1. The smallest absolute Gasteiger partial charge is 0.367 e. The summed E-state index contributed by atoms with van der Waals surface area (Å²) >= 11 is 0. The maximum absolute atomic E-state index is 13.0. The Morgan fingerprint density at radius 2 is 1.93 bits per heavy atom. The maximum Gasteiger partial charge on any atom is 0.453 e. The number of primary amides is 1. The first kappa shape index (κ1) is 19.3. The van der Waals surface area contributed by atoms with Gasteiger partial charge in [-0.1, -0.05) is 0 Å². The molecule has 3 rings (SSSR count). The minimum absolute atomic E-state index is 0.0445. The maximum atomic E-state index is 13.0. The highest BCUT2D eigenvalue weighted by atomic mass is 19.4. The molecule has 27 heavy (non-hydrogen) atoms. The Kier molecular flexibility index (Phi) is 4.98. The van der Waals surface area contributed by atoms with Crippen LogP contribution in [0.4, 0.5) is 19.0 Å². The lowest BCUT2D eigenvalue weighted by atomic mass is 9.97. The van der Waals surface area contributed by atoms with E-state index in [1.807, 2.05) is 4.90 Å². The van der Waals surface area contributed by atoms with Gasteiger partial charge in [0.1, 0.15) is 11.4 Å². The Balaban J connectivity index is 1.65. The monoisotopic (exact) mass is 386 g/mol. The molecule has 0 aromatic carbocycles. The van der Waals surface area contributed by atoms with Gasteiger partial charge in [0.05, 0.1) is 6.61 Å². The Morgan fingerprint density at radius 1 is 1.26 bits per heavy atom. The van der Waals surface area contributed by atoms with Gasteiger partial charge in [-0.25, -0.2) is 0 Å². The summed E-state index contributed by atoms with van der Waals surface area (Å²) in [6.45, 7) is 4.89. The quantitative estimate of drug-likeness (QED) is 0.839. The second kappa shape index (κ2) is 6.95. The van der Waals surface area contributed by atoms with Gasteiger partial charge in [-0.15, -0.1) is 15.3 Å². The zero-order valence-corrected chi connectivity index (χ0v) is 15.0. The number of amides is 1. The van der Waals surface area contributed by atoms with E-state index in [1.165, 1.54) is 6.07 Å². The zero-order valence-electron chi connectivity index (χ0n) is 15.0. The summed E-state index contributed by atoms with van der Waals surface area (Å²) in [5, 5.41) is 10.7. The number of rotatable bonds is 5. The van der Waals surface area contributed by atoms with Crippen molar-refractivity contribution in [3.8, 4) is 0 Å². The Morgan fingerprint density at radius 3 is 2.52 bits per heavy atom. The highest BCUT2D eigenvalue weighted by Crippen LogP contribution is 2.29.